The summed E-state index contributed by atoms with van der Waals surface area (Å²) in [7, 11) is 0. The van der Waals surface area contributed by atoms with Gasteiger partial charge in [0.1, 0.15) is 11.2 Å². The average molecular weight is 818 g/mol. The number of anilines is 3. The predicted molar refractivity (Wildman–Crippen MR) is 266 cm³/mol. The molecule has 0 saturated carbocycles. The van der Waals surface area contributed by atoms with Gasteiger partial charge >= 0.3 is 0 Å². The van der Waals surface area contributed by atoms with Crippen LogP contribution in [-0.4, -0.2) is 0 Å². The zero-order chi connectivity index (χ0) is 42.6. The zero-order valence-electron chi connectivity index (χ0n) is 35.7. The number of benzene rings is 10. The van der Waals surface area contributed by atoms with Crippen molar-refractivity contribution in [3.8, 4) is 33.4 Å². The first-order chi connectivity index (χ1) is 31.5. The molecule has 0 radical (unpaired) electrons. The van der Waals surface area contributed by atoms with Gasteiger partial charge in [0, 0.05) is 39.2 Å². The van der Waals surface area contributed by atoms with Gasteiger partial charge in [-0.05, 0) is 108 Å². The summed E-state index contributed by atoms with van der Waals surface area (Å²) in [6.07, 6.45) is 0. The third-order valence-corrected chi connectivity index (χ3v) is 14.3. The van der Waals surface area contributed by atoms with Crippen LogP contribution in [0.25, 0.3) is 66.1 Å². The van der Waals surface area contributed by atoms with Gasteiger partial charge in [-0.15, -0.1) is 0 Å². The van der Waals surface area contributed by atoms with Gasteiger partial charge in [-0.25, -0.2) is 0 Å². The van der Waals surface area contributed by atoms with Crippen LogP contribution in [0.5, 0.6) is 0 Å². The summed E-state index contributed by atoms with van der Waals surface area (Å²) in [4.78, 5) is 2.50. The third-order valence-electron chi connectivity index (χ3n) is 14.3. The molecule has 0 bridgehead atoms. The minimum Gasteiger partial charge on any atom is -0.456 e. The summed E-state index contributed by atoms with van der Waals surface area (Å²) in [5.74, 6) is 0. The summed E-state index contributed by atoms with van der Waals surface area (Å²) in [6, 6.07) is 82.9. The second kappa shape index (κ2) is 13.8. The Hall–Kier alpha value is -7.94. The van der Waals surface area contributed by atoms with E-state index < -0.39 is 5.41 Å². The van der Waals surface area contributed by atoms with Crippen molar-refractivity contribution >= 4 is 49.8 Å². The quantitative estimate of drug-likeness (QED) is 0.166. The Kier molecular flexibility index (Phi) is 7.90. The maximum Gasteiger partial charge on any atom is 0.137 e. The average Bonchev–Trinajstić information content (AvgIpc) is 3.95. The van der Waals surface area contributed by atoms with Crippen molar-refractivity contribution in [2.24, 2.45) is 0 Å². The van der Waals surface area contributed by atoms with Gasteiger partial charge < -0.3 is 9.32 Å². The molecule has 0 spiro atoms. The van der Waals surface area contributed by atoms with Crippen molar-refractivity contribution in [1.82, 2.24) is 0 Å². The Labute approximate surface area is 373 Å². The summed E-state index contributed by atoms with van der Waals surface area (Å²) in [5, 5.41) is 4.65. The van der Waals surface area contributed by atoms with Crippen LogP contribution in [0.1, 0.15) is 47.2 Å². The molecule has 0 amide bonds. The van der Waals surface area contributed by atoms with Crippen LogP contribution in [0.2, 0.25) is 0 Å². The second-order valence-corrected chi connectivity index (χ2v) is 18.0. The Bertz CT molecular complexity index is 3600. The molecule has 0 N–H and O–H groups in total. The molecule has 11 aromatic rings. The van der Waals surface area contributed by atoms with Gasteiger partial charge in [0.2, 0.25) is 0 Å². The lowest BCUT2D eigenvalue weighted by atomic mass is 9.67. The first-order valence-corrected chi connectivity index (χ1v) is 22.3. The van der Waals surface area contributed by atoms with Crippen molar-refractivity contribution in [2.75, 3.05) is 4.90 Å². The minimum absolute atomic E-state index is 0.186. The van der Waals surface area contributed by atoms with Crippen molar-refractivity contribution < 1.29 is 4.42 Å². The smallest absolute Gasteiger partial charge is 0.137 e. The zero-order valence-corrected chi connectivity index (χ0v) is 35.7. The van der Waals surface area contributed by atoms with E-state index in [4.69, 9.17) is 4.42 Å². The summed E-state index contributed by atoms with van der Waals surface area (Å²) >= 11 is 0. The molecule has 0 aliphatic heterocycles. The fraction of sp³-hybridized carbons (Fsp3) is 0.0645. The molecule has 13 rings (SSSR count). The number of furan rings is 1. The Morgan fingerprint density at radius 1 is 0.375 bits per heavy atom. The van der Waals surface area contributed by atoms with E-state index in [1.54, 1.807) is 0 Å². The number of rotatable bonds is 6. The van der Waals surface area contributed by atoms with E-state index >= 15 is 0 Å². The highest BCUT2D eigenvalue weighted by molar-refractivity contribution is 6.20. The van der Waals surface area contributed by atoms with Gasteiger partial charge in [-0.3, -0.25) is 0 Å². The Morgan fingerprint density at radius 3 is 1.62 bits per heavy atom. The van der Waals surface area contributed by atoms with Crippen LogP contribution in [0, 0.1) is 0 Å². The maximum absolute atomic E-state index is 6.90. The molecular formula is C62H43NO. The highest BCUT2D eigenvalue weighted by atomic mass is 16.3. The van der Waals surface area contributed by atoms with Crippen molar-refractivity contribution in [1.29, 1.82) is 0 Å². The molecule has 2 heteroatoms. The van der Waals surface area contributed by atoms with E-state index in [0.29, 0.717) is 0 Å². The molecule has 0 fully saturated rings. The van der Waals surface area contributed by atoms with E-state index in [1.165, 1.54) is 66.4 Å². The largest absolute Gasteiger partial charge is 0.456 e. The van der Waals surface area contributed by atoms with E-state index in [9.17, 15) is 0 Å². The summed E-state index contributed by atoms with van der Waals surface area (Å²) in [6.45, 7) is 4.74. The van der Waals surface area contributed by atoms with Crippen LogP contribution in [0.15, 0.2) is 229 Å². The lowest BCUT2D eigenvalue weighted by Gasteiger charge is -2.35. The van der Waals surface area contributed by atoms with Gasteiger partial charge in [0.15, 0.2) is 0 Å². The monoisotopic (exact) mass is 817 g/mol. The highest BCUT2D eigenvalue weighted by Gasteiger charge is 2.46. The Morgan fingerprint density at radius 2 is 0.922 bits per heavy atom. The van der Waals surface area contributed by atoms with E-state index in [-0.39, 0.29) is 5.41 Å². The normalized spacial score (nSPS) is 14.0. The van der Waals surface area contributed by atoms with Crippen LogP contribution < -0.4 is 4.90 Å². The molecule has 2 nitrogen and oxygen atoms in total. The predicted octanol–water partition coefficient (Wildman–Crippen LogP) is 16.5. The van der Waals surface area contributed by atoms with Crippen LogP contribution in [0.4, 0.5) is 17.1 Å². The first kappa shape index (κ1) is 36.7. The molecule has 302 valence electrons. The Balaban J connectivity index is 1.13. The molecule has 0 unspecified atom stereocenters. The number of nitrogens with zero attached hydrogens (tertiary/aromatic N) is 1. The van der Waals surface area contributed by atoms with Crippen molar-refractivity contribution in [3.63, 3.8) is 0 Å². The molecule has 10 aromatic carbocycles. The summed E-state index contributed by atoms with van der Waals surface area (Å²) in [5.41, 5.74) is 19.4. The van der Waals surface area contributed by atoms with Gasteiger partial charge in [0.25, 0.3) is 0 Å². The molecular weight excluding hydrogens is 775 g/mol. The van der Waals surface area contributed by atoms with Gasteiger partial charge in [-0.1, -0.05) is 196 Å². The van der Waals surface area contributed by atoms with Gasteiger partial charge in [-0.2, -0.15) is 0 Å². The first-order valence-electron chi connectivity index (χ1n) is 22.3. The van der Waals surface area contributed by atoms with E-state index in [2.05, 4.69) is 243 Å². The SMILES string of the molecule is CC1(C)c2ccccc2-c2ccc(N(c3ccc4c(c3)C(c3ccccc3)(c3ccccc3)c3ccccc3-4)c3cc4oc5ccc6ccccc6c5c4cc3-c3ccccc3)cc21. The summed E-state index contributed by atoms with van der Waals surface area (Å²) < 4.78 is 6.90. The molecule has 1 aromatic heterocycles. The highest BCUT2D eigenvalue weighted by Crippen LogP contribution is 2.58. The van der Waals surface area contributed by atoms with E-state index in [0.717, 1.165) is 50.1 Å². The van der Waals surface area contributed by atoms with Crippen molar-refractivity contribution in [3.05, 3.63) is 258 Å². The second-order valence-electron chi connectivity index (χ2n) is 18.0. The fourth-order valence-electron chi connectivity index (χ4n) is 11.4. The van der Waals surface area contributed by atoms with Crippen LogP contribution in [0.3, 0.4) is 0 Å². The van der Waals surface area contributed by atoms with Crippen LogP contribution in [-0.2, 0) is 10.8 Å². The van der Waals surface area contributed by atoms with E-state index in [1.807, 2.05) is 0 Å². The number of fused-ring (bicyclic) bond motifs is 11. The van der Waals surface area contributed by atoms with Crippen LogP contribution >= 0.6 is 0 Å². The standard InChI is InChI=1S/C62H43NO/c1-61(2)53-28-16-14-26-47(53)49-33-31-44(36-55(49)61)63(57-39-59-52(38-51(57)40-18-6-3-7-19-40)60-46-25-13-12-20-41(46)30-35-58(60)64-59)45-32-34-50-48-27-15-17-29-54(48)62(56(50)37-45,42-21-8-4-9-22-42)43-23-10-5-11-24-43/h3-39H,1-2H3. The third kappa shape index (κ3) is 5.14. The molecule has 1 heterocycles. The molecule has 64 heavy (non-hydrogen) atoms. The molecule has 0 saturated heterocycles. The topological polar surface area (TPSA) is 16.4 Å². The van der Waals surface area contributed by atoms with Crippen molar-refractivity contribution in [2.45, 2.75) is 24.7 Å². The maximum atomic E-state index is 6.90. The molecule has 2 aliphatic carbocycles. The lowest BCUT2D eigenvalue weighted by molar-refractivity contribution is 0.660. The molecule has 2 aliphatic rings. The lowest BCUT2D eigenvalue weighted by Crippen LogP contribution is -2.28. The fourth-order valence-corrected chi connectivity index (χ4v) is 11.4. The van der Waals surface area contributed by atoms with Gasteiger partial charge in [0.05, 0.1) is 11.1 Å². The number of hydrogen-bond acceptors (Lipinski definition) is 2. The molecule has 0 atom stereocenters. The number of hydrogen-bond donors (Lipinski definition) is 0. The minimum atomic E-state index is -0.552.